The van der Waals surface area contributed by atoms with Gasteiger partial charge in [-0.1, -0.05) is 18.6 Å². The highest BCUT2D eigenvalue weighted by Crippen LogP contribution is 2.15. The molecular formula is C15H26O2. The minimum absolute atomic E-state index is 0.00928. The smallest absolute Gasteiger partial charge is 0.198 e. The summed E-state index contributed by atoms with van der Waals surface area (Å²) < 4.78 is 11.1. The topological polar surface area (TPSA) is 18.5 Å². The maximum atomic E-state index is 5.56. The molecule has 2 atom stereocenters. The number of hydrogen-bond acceptors (Lipinski definition) is 2. The molecule has 0 spiro atoms. The van der Waals surface area contributed by atoms with E-state index >= 15 is 0 Å². The average Bonchev–Trinajstić information content (AvgIpc) is 2.30. The maximum absolute atomic E-state index is 5.56. The van der Waals surface area contributed by atoms with Gasteiger partial charge in [0.1, 0.15) is 0 Å². The van der Waals surface area contributed by atoms with Gasteiger partial charge in [-0.25, -0.2) is 0 Å². The zero-order valence-electron chi connectivity index (χ0n) is 11.4. The van der Waals surface area contributed by atoms with Crippen molar-refractivity contribution in [1.29, 1.82) is 0 Å². The third kappa shape index (κ3) is 7.22. The van der Waals surface area contributed by atoms with Gasteiger partial charge in [0.15, 0.2) is 6.29 Å². The molecule has 0 aromatic heterocycles. The van der Waals surface area contributed by atoms with Crippen LogP contribution in [0.25, 0.3) is 0 Å². The van der Waals surface area contributed by atoms with Crippen molar-refractivity contribution in [2.75, 3.05) is 6.61 Å². The Bertz CT molecular complexity index is 246. The average molecular weight is 238 g/mol. The molecule has 1 fully saturated rings. The molecule has 0 radical (unpaired) electrons. The molecule has 1 heterocycles. The van der Waals surface area contributed by atoms with Gasteiger partial charge in [-0.15, -0.1) is 0 Å². The van der Waals surface area contributed by atoms with Gasteiger partial charge in [0.25, 0.3) is 0 Å². The molecule has 2 unspecified atom stereocenters. The van der Waals surface area contributed by atoms with Crippen LogP contribution in [-0.4, -0.2) is 12.9 Å². The summed E-state index contributed by atoms with van der Waals surface area (Å²) in [7, 11) is 0. The molecule has 2 nitrogen and oxygen atoms in total. The van der Waals surface area contributed by atoms with E-state index in [0.717, 1.165) is 19.4 Å². The van der Waals surface area contributed by atoms with E-state index in [1.54, 1.807) is 0 Å². The van der Waals surface area contributed by atoms with Crippen LogP contribution < -0.4 is 0 Å². The van der Waals surface area contributed by atoms with Gasteiger partial charge in [-0.2, -0.15) is 0 Å². The van der Waals surface area contributed by atoms with Crippen molar-refractivity contribution in [3.63, 3.8) is 0 Å². The van der Waals surface area contributed by atoms with Crippen molar-refractivity contribution >= 4 is 0 Å². The largest absolute Gasteiger partial charge is 0.473 e. The van der Waals surface area contributed by atoms with Crippen LogP contribution in [0.5, 0.6) is 0 Å². The summed E-state index contributed by atoms with van der Waals surface area (Å²) >= 11 is 0. The first-order valence-corrected chi connectivity index (χ1v) is 6.75. The van der Waals surface area contributed by atoms with Crippen molar-refractivity contribution < 1.29 is 9.47 Å². The van der Waals surface area contributed by atoms with Crippen molar-refractivity contribution in [2.24, 2.45) is 5.92 Å². The van der Waals surface area contributed by atoms with E-state index in [-0.39, 0.29) is 6.29 Å². The third-order valence-electron chi connectivity index (χ3n) is 2.95. The zero-order valence-corrected chi connectivity index (χ0v) is 11.4. The predicted octanol–water partition coefficient (Wildman–Crippen LogP) is 4.43. The van der Waals surface area contributed by atoms with Crippen LogP contribution in [0, 0.1) is 5.92 Å². The molecule has 0 aromatic carbocycles. The van der Waals surface area contributed by atoms with Crippen molar-refractivity contribution in [3.05, 3.63) is 24.0 Å². The Hall–Kier alpha value is -0.760. The summed E-state index contributed by atoms with van der Waals surface area (Å²) in [6, 6.07) is 0. The lowest BCUT2D eigenvalue weighted by Gasteiger charge is -2.21. The lowest BCUT2D eigenvalue weighted by Crippen LogP contribution is -2.20. The highest BCUT2D eigenvalue weighted by Gasteiger charge is 2.12. The molecule has 1 aliphatic heterocycles. The van der Waals surface area contributed by atoms with E-state index in [9.17, 15) is 0 Å². The highest BCUT2D eigenvalue weighted by atomic mass is 16.7. The Labute approximate surface area is 106 Å². The minimum Gasteiger partial charge on any atom is -0.473 e. The second-order valence-corrected chi connectivity index (χ2v) is 5.10. The second-order valence-electron chi connectivity index (χ2n) is 5.10. The maximum Gasteiger partial charge on any atom is 0.198 e. The molecule has 0 aromatic rings. The van der Waals surface area contributed by atoms with Crippen LogP contribution in [0.15, 0.2) is 24.0 Å². The van der Waals surface area contributed by atoms with Gasteiger partial charge in [0, 0.05) is 6.42 Å². The first kappa shape index (κ1) is 14.3. The van der Waals surface area contributed by atoms with E-state index in [4.69, 9.17) is 9.47 Å². The summed E-state index contributed by atoms with van der Waals surface area (Å²) in [4.78, 5) is 0. The van der Waals surface area contributed by atoms with Gasteiger partial charge >= 0.3 is 0 Å². The fraction of sp³-hybridized carbons (Fsp3) is 0.733. The van der Waals surface area contributed by atoms with E-state index < -0.39 is 0 Å². The second kappa shape index (κ2) is 8.35. The number of allylic oxidation sites excluding steroid dienone is 3. The Morgan fingerprint density at radius 2 is 2.24 bits per heavy atom. The van der Waals surface area contributed by atoms with E-state index in [2.05, 4.69) is 32.9 Å². The third-order valence-corrected chi connectivity index (χ3v) is 2.95. The highest BCUT2D eigenvalue weighted by molar-refractivity contribution is 4.94. The van der Waals surface area contributed by atoms with E-state index in [1.165, 1.54) is 24.8 Å². The number of hydrogen-bond donors (Lipinski definition) is 0. The normalized spacial score (nSPS) is 22.4. The standard InChI is InChI=1S/C15H26O2/c1-13(2)7-6-8-14(3)10-12-17-15-9-4-5-11-16-15/h7,10,12,14-15H,4-6,8-9,11H2,1-3H3/b12-10+. The Kier molecular flexibility index (Phi) is 7.02. The molecule has 2 heteroatoms. The summed E-state index contributed by atoms with van der Waals surface area (Å²) in [5.74, 6) is 0.564. The van der Waals surface area contributed by atoms with Crippen LogP contribution in [0.2, 0.25) is 0 Å². The molecule has 98 valence electrons. The molecule has 0 N–H and O–H groups in total. The monoisotopic (exact) mass is 238 g/mol. The van der Waals surface area contributed by atoms with Crippen molar-refractivity contribution in [3.8, 4) is 0 Å². The van der Waals surface area contributed by atoms with E-state index in [1.807, 2.05) is 6.26 Å². The van der Waals surface area contributed by atoms with Crippen LogP contribution in [0.3, 0.4) is 0 Å². The Morgan fingerprint density at radius 1 is 1.41 bits per heavy atom. The Morgan fingerprint density at radius 3 is 2.88 bits per heavy atom. The molecule has 1 saturated heterocycles. The van der Waals surface area contributed by atoms with Crippen LogP contribution in [0.1, 0.15) is 52.9 Å². The van der Waals surface area contributed by atoms with Crippen LogP contribution in [0.4, 0.5) is 0 Å². The molecule has 0 saturated carbocycles. The zero-order chi connectivity index (χ0) is 12.5. The lowest BCUT2D eigenvalue weighted by atomic mass is 10.1. The van der Waals surface area contributed by atoms with E-state index in [0.29, 0.717) is 5.92 Å². The molecule has 0 bridgehead atoms. The number of rotatable bonds is 6. The van der Waals surface area contributed by atoms with Gasteiger partial charge in [0.2, 0.25) is 0 Å². The quantitative estimate of drug-likeness (QED) is 0.503. The Balaban J connectivity index is 2.12. The fourth-order valence-corrected chi connectivity index (χ4v) is 1.82. The van der Waals surface area contributed by atoms with Crippen LogP contribution >= 0.6 is 0 Å². The summed E-state index contributed by atoms with van der Waals surface area (Å²) in [5.41, 5.74) is 1.40. The summed E-state index contributed by atoms with van der Waals surface area (Å²) in [6.07, 6.45) is 12.0. The molecule has 1 aliphatic rings. The first-order chi connectivity index (χ1) is 8.18. The van der Waals surface area contributed by atoms with Gasteiger partial charge < -0.3 is 9.47 Å². The molecular weight excluding hydrogens is 212 g/mol. The fourth-order valence-electron chi connectivity index (χ4n) is 1.82. The van der Waals surface area contributed by atoms with Gasteiger partial charge in [-0.05, 0) is 51.5 Å². The SMILES string of the molecule is CC(C)=CCCC(C)/C=C/OC1CCCCO1. The summed E-state index contributed by atoms with van der Waals surface area (Å²) in [5, 5.41) is 0. The van der Waals surface area contributed by atoms with Gasteiger partial charge in [0.05, 0.1) is 12.9 Å². The van der Waals surface area contributed by atoms with Gasteiger partial charge in [-0.3, -0.25) is 0 Å². The number of ether oxygens (including phenoxy) is 2. The minimum atomic E-state index is -0.00928. The van der Waals surface area contributed by atoms with Crippen LogP contribution in [-0.2, 0) is 9.47 Å². The molecule has 1 rings (SSSR count). The first-order valence-electron chi connectivity index (χ1n) is 6.75. The lowest BCUT2D eigenvalue weighted by molar-refractivity contribution is -0.129. The molecule has 0 aliphatic carbocycles. The molecule has 17 heavy (non-hydrogen) atoms. The predicted molar refractivity (Wildman–Crippen MR) is 71.6 cm³/mol. The van der Waals surface area contributed by atoms with Crippen molar-refractivity contribution in [1.82, 2.24) is 0 Å². The van der Waals surface area contributed by atoms with Crippen molar-refractivity contribution in [2.45, 2.75) is 59.2 Å². The summed E-state index contributed by atoms with van der Waals surface area (Å²) in [6.45, 7) is 7.35. The molecule has 0 amide bonds.